The van der Waals surface area contributed by atoms with Gasteiger partial charge in [-0.3, -0.25) is 0 Å². The Balaban J connectivity index is 2.97. The molecule has 0 radical (unpaired) electrons. The van der Waals surface area contributed by atoms with Crippen molar-refractivity contribution < 1.29 is 13.5 Å². The van der Waals surface area contributed by atoms with E-state index in [9.17, 15) is 13.5 Å². The molecule has 1 aromatic rings. The quantitative estimate of drug-likeness (QED) is 0.811. The predicted molar refractivity (Wildman–Crippen MR) is 56.8 cm³/mol. The minimum atomic E-state index is -3.63. The summed E-state index contributed by atoms with van der Waals surface area (Å²) in [5.41, 5.74) is 0.676. The highest BCUT2D eigenvalue weighted by atomic mass is 35.7. The van der Waals surface area contributed by atoms with Crippen molar-refractivity contribution in [2.24, 2.45) is 0 Å². The average Bonchev–Trinajstić information content (AvgIpc) is 2.01. The van der Waals surface area contributed by atoms with Crippen LogP contribution >= 0.6 is 10.7 Å². The molecule has 1 aromatic carbocycles. The maximum Gasteiger partial charge on any atom is 0.236 e. The van der Waals surface area contributed by atoms with Gasteiger partial charge in [0.05, 0.1) is 5.75 Å². The summed E-state index contributed by atoms with van der Waals surface area (Å²) in [6.45, 7) is 3.55. The maximum absolute atomic E-state index is 10.7. The summed E-state index contributed by atoms with van der Waals surface area (Å²) >= 11 is 0. The van der Waals surface area contributed by atoms with Crippen LogP contribution in [-0.2, 0) is 9.05 Å². The van der Waals surface area contributed by atoms with Crippen molar-refractivity contribution in [1.29, 1.82) is 0 Å². The number of phenolic OH excluding ortho intramolecular Hbond substituents is 1. The van der Waals surface area contributed by atoms with Crippen molar-refractivity contribution in [1.82, 2.24) is 0 Å². The van der Waals surface area contributed by atoms with Crippen molar-refractivity contribution in [3.05, 3.63) is 36.4 Å². The van der Waals surface area contributed by atoms with Crippen LogP contribution in [0.25, 0.3) is 5.57 Å². The Morgan fingerprint density at radius 1 is 1.43 bits per heavy atom. The Hall–Kier alpha value is -1.00. The smallest absolute Gasteiger partial charge is 0.236 e. The highest BCUT2D eigenvalue weighted by molar-refractivity contribution is 8.14. The molecule has 0 spiro atoms. The van der Waals surface area contributed by atoms with Gasteiger partial charge in [0.25, 0.3) is 0 Å². The molecule has 5 heteroatoms. The van der Waals surface area contributed by atoms with Gasteiger partial charge in [-0.05, 0) is 11.6 Å². The zero-order chi connectivity index (χ0) is 10.8. The normalized spacial score (nSPS) is 11.2. The van der Waals surface area contributed by atoms with Crippen LogP contribution in [0.15, 0.2) is 30.8 Å². The number of benzene rings is 1. The number of hydrogen-bond donors (Lipinski definition) is 1. The fourth-order valence-electron chi connectivity index (χ4n) is 1.06. The molecule has 76 valence electrons. The van der Waals surface area contributed by atoms with Gasteiger partial charge >= 0.3 is 0 Å². The summed E-state index contributed by atoms with van der Waals surface area (Å²) in [7, 11) is 1.43. The number of para-hydroxylation sites is 1. The largest absolute Gasteiger partial charge is 0.507 e. The van der Waals surface area contributed by atoms with Crippen LogP contribution in [0.1, 0.15) is 5.56 Å². The van der Waals surface area contributed by atoms with E-state index in [0.717, 1.165) is 0 Å². The zero-order valence-electron chi connectivity index (χ0n) is 7.27. The SMILES string of the molecule is C=C(CS(=O)(=O)Cl)c1ccccc1O. The van der Waals surface area contributed by atoms with E-state index in [-0.39, 0.29) is 17.1 Å². The third-order valence-corrected chi connectivity index (χ3v) is 2.65. The predicted octanol–water partition coefficient (Wildman–Crippen LogP) is 1.97. The Morgan fingerprint density at radius 2 is 2.00 bits per heavy atom. The molecule has 0 aliphatic heterocycles. The molecule has 0 atom stereocenters. The highest BCUT2D eigenvalue weighted by Gasteiger charge is 2.11. The second-order valence-corrected chi connectivity index (χ2v) is 5.58. The summed E-state index contributed by atoms with van der Waals surface area (Å²) in [6, 6.07) is 6.36. The minimum absolute atomic E-state index is 0.00202. The van der Waals surface area contributed by atoms with Gasteiger partial charge in [0, 0.05) is 16.2 Å². The fraction of sp³-hybridized carbons (Fsp3) is 0.111. The molecule has 0 amide bonds. The first-order chi connectivity index (χ1) is 6.40. The summed E-state index contributed by atoms with van der Waals surface area (Å²) in [5.74, 6) is -0.371. The van der Waals surface area contributed by atoms with Crippen molar-refractivity contribution in [2.75, 3.05) is 5.75 Å². The third kappa shape index (κ3) is 3.05. The van der Waals surface area contributed by atoms with Crippen molar-refractivity contribution in [3.8, 4) is 5.75 Å². The van der Waals surface area contributed by atoms with Crippen molar-refractivity contribution >= 4 is 25.3 Å². The highest BCUT2D eigenvalue weighted by Crippen LogP contribution is 2.24. The first kappa shape index (κ1) is 11.1. The molecule has 0 saturated carbocycles. The fourth-order valence-corrected chi connectivity index (χ4v) is 2.03. The summed E-state index contributed by atoms with van der Waals surface area (Å²) < 4.78 is 21.5. The molecule has 0 fully saturated rings. The third-order valence-electron chi connectivity index (χ3n) is 1.63. The number of aromatic hydroxyl groups is 1. The molecule has 0 bridgehead atoms. The van der Waals surface area contributed by atoms with Crippen molar-refractivity contribution in [3.63, 3.8) is 0 Å². The second-order valence-electron chi connectivity index (χ2n) is 2.80. The average molecular weight is 233 g/mol. The summed E-state index contributed by atoms with van der Waals surface area (Å²) in [6.07, 6.45) is 0. The van der Waals surface area contributed by atoms with E-state index < -0.39 is 9.05 Å². The van der Waals surface area contributed by atoms with Crippen LogP contribution in [0, 0.1) is 0 Å². The molecule has 0 aliphatic rings. The zero-order valence-corrected chi connectivity index (χ0v) is 8.85. The molecule has 14 heavy (non-hydrogen) atoms. The maximum atomic E-state index is 10.7. The van der Waals surface area contributed by atoms with Crippen LogP contribution < -0.4 is 0 Å². The molecular formula is C9H9ClO3S. The van der Waals surface area contributed by atoms with Gasteiger partial charge < -0.3 is 5.11 Å². The second kappa shape index (κ2) is 4.02. The van der Waals surface area contributed by atoms with Gasteiger partial charge in [-0.25, -0.2) is 8.42 Å². The van der Waals surface area contributed by atoms with Gasteiger partial charge in [0.1, 0.15) is 5.75 Å². The Labute approximate surface area is 87.1 Å². The van der Waals surface area contributed by atoms with E-state index in [1.54, 1.807) is 18.2 Å². The van der Waals surface area contributed by atoms with Gasteiger partial charge in [-0.15, -0.1) is 0 Å². The molecule has 0 heterocycles. The topological polar surface area (TPSA) is 54.4 Å². The summed E-state index contributed by atoms with van der Waals surface area (Å²) in [5, 5.41) is 9.38. The lowest BCUT2D eigenvalue weighted by molar-refractivity contribution is 0.473. The van der Waals surface area contributed by atoms with E-state index >= 15 is 0 Å². The van der Waals surface area contributed by atoms with E-state index in [2.05, 4.69) is 6.58 Å². The van der Waals surface area contributed by atoms with Crippen LogP contribution in [0.3, 0.4) is 0 Å². The Bertz CT molecular complexity index is 451. The van der Waals surface area contributed by atoms with Gasteiger partial charge in [-0.1, -0.05) is 24.8 Å². The van der Waals surface area contributed by atoms with Crippen LogP contribution in [-0.4, -0.2) is 19.3 Å². The van der Waals surface area contributed by atoms with Crippen molar-refractivity contribution in [2.45, 2.75) is 0 Å². The first-order valence-corrected chi connectivity index (χ1v) is 6.26. The standard InChI is InChI=1S/C9H9ClO3S/c1-7(6-14(10,12)13)8-4-2-3-5-9(8)11/h2-5,11H,1,6H2. The first-order valence-electron chi connectivity index (χ1n) is 3.78. The van der Waals surface area contributed by atoms with Crippen LogP contribution in [0.4, 0.5) is 0 Å². The number of hydrogen-bond acceptors (Lipinski definition) is 3. The molecule has 3 nitrogen and oxygen atoms in total. The molecule has 0 aromatic heterocycles. The molecule has 0 aliphatic carbocycles. The van der Waals surface area contributed by atoms with E-state index in [4.69, 9.17) is 10.7 Å². The lowest BCUT2D eigenvalue weighted by Crippen LogP contribution is -1.99. The molecule has 0 saturated heterocycles. The number of phenols is 1. The molecule has 1 rings (SSSR count). The van der Waals surface area contributed by atoms with E-state index in [0.29, 0.717) is 5.56 Å². The van der Waals surface area contributed by atoms with Crippen LogP contribution in [0.2, 0.25) is 0 Å². The molecule has 0 unspecified atom stereocenters. The molecule has 1 N–H and O–H groups in total. The lowest BCUT2D eigenvalue weighted by Gasteiger charge is -2.05. The lowest BCUT2D eigenvalue weighted by atomic mass is 10.1. The van der Waals surface area contributed by atoms with Gasteiger partial charge in [0.2, 0.25) is 9.05 Å². The molecular weight excluding hydrogens is 224 g/mol. The summed E-state index contributed by atoms with van der Waals surface area (Å²) in [4.78, 5) is 0. The Kier molecular flexibility index (Phi) is 3.18. The van der Waals surface area contributed by atoms with E-state index in [1.165, 1.54) is 6.07 Å². The van der Waals surface area contributed by atoms with Crippen LogP contribution in [0.5, 0.6) is 5.75 Å². The Morgan fingerprint density at radius 3 is 2.50 bits per heavy atom. The van der Waals surface area contributed by atoms with Gasteiger partial charge in [-0.2, -0.15) is 0 Å². The monoisotopic (exact) mass is 232 g/mol. The minimum Gasteiger partial charge on any atom is -0.507 e. The van der Waals surface area contributed by atoms with Gasteiger partial charge in [0.15, 0.2) is 0 Å². The van der Waals surface area contributed by atoms with E-state index in [1.807, 2.05) is 0 Å². The number of rotatable bonds is 3. The number of halogens is 1.